The van der Waals surface area contributed by atoms with Crippen LogP contribution in [0.3, 0.4) is 0 Å². The molecule has 1 nitrogen and oxygen atoms in total. The van der Waals surface area contributed by atoms with Crippen molar-refractivity contribution in [1.82, 2.24) is 0 Å². The largest absolute Gasteiger partial charge is 0.372 e. The summed E-state index contributed by atoms with van der Waals surface area (Å²) in [5, 5.41) is 0. The van der Waals surface area contributed by atoms with Gasteiger partial charge in [-0.2, -0.15) is 0 Å². The van der Waals surface area contributed by atoms with Gasteiger partial charge in [-0.1, -0.05) is 43.3 Å². The zero-order valence-electron chi connectivity index (χ0n) is 11.3. The molecule has 1 heterocycles. The van der Waals surface area contributed by atoms with Crippen molar-refractivity contribution >= 4 is 11.8 Å². The Hall–Kier alpha value is -1.25. The highest BCUT2D eigenvalue weighted by Gasteiger charge is 2.25. The lowest BCUT2D eigenvalue weighted by Crippen LogP contribution is -2.08. The number of benzene rings is 2. The zero-order chi connectivity index (χ0) is 13.2. The highest BCUT2D eigenvalue weighted by atomic mass is 32.2. The van der Waals surface area contributed by atoms with Gasteiger partial charge in [0.25, 0.3) is 0 Å². The van der Waals surface area contributed by atoms with Crippen molar-refractivity contribution in [3.05, 3.63) is 64.7 Å². The van der Waals surface area contributed by atoms with Crippen molar-refractivity contribution in [2.45, 2.75) is 30.1 Å². The Balaban J connectivity index is 2.22. The van der Waals surface area contributed by atoms with Crippen molar-refractivity contribution in [3.63, 3.8) is 0 Å². The zero-order valence-corrected chi connectivity index (χ0v) is 12.2. The van der Waals surface area contributed by atoms with Crippen molar-refractivity contribution in [2.75, 3.05) is 7.11 Å². The van der Waals surface area contributed by atoms with Crippen LogP contribution in [0, 0.1) is 0 Å². The van der Waals surface area contributed by atoms with Crippen molar-refractivity contribution in [2.24, 2.45) is 0 Å². The van der Waals surface area contributed by atoms with E-state index in [9.17, 15) is 0 Å². The van der Waals surface area contributed by atoms with E-state index in [-0.39, 0.29) is 6.10 Å². The molecule has 1 atom stereocenters. The van der Waals surface area contributed by atoms with Gasteiger partial charge in [-0.05, 0) is 34.7 Å². The topological polar surface area (TPSA) is 9.23 Å². The minimum absolute atomic E-state index is 0.0670. The SMILES string of the molecule is CCc1cccc2c1C(OC)c1ccccc1SC2. The number of thioether (sulfide) groups is 1. The van der Waals surface area contributed by atoms with Crippen LogP contribution in [0.15, 0.2) is 47.4 Å². The van der Waals surface area contributed by atoms with E-state index in [2.05, 4.69) is 49.4 Å². The minimum Gasteiger partial charge on any atom is -0.372 e. The van der Waals surface area contributed by atoms with Crippen LogP contribution >= 0.6 is 11.8 Å². The molecular weight excluding hydrogens is 252 g/mol. The third kappa shape index (κ3) is 2.19. The Bertz CT molecular complexity index is 592. The monoisotopic (exact) mass is 270 g/mol. The molecule has 1 aliphatic heterocycles. The van der Waals surface area contributed by atoms with Crippen LogP contribution < -0.4 is 0 Å². The number of fused-ring (bicyclic) bond motifs is 2. The molecule has 0 N–H and O–H groups in total. The number of aryl methyl sites for hydroxylation is 1. The minimum atomic E-state index is 0.0670. The number of methoxy groups -OCH3 is 1. The fraction of sp³-hybridized carbons (Fsp3) is 0.294. The lowest BCUT2D eigenvalue weighted by Gasteiger charge is -2.21. The molecule has 0 aliphatic carbocycles. The summed E-state index contributed by atoms with van der Waals surface area (Å²) in [4.78, 5) is 1.34. The average molecular weight is 270 g/mol. The predicted molar refractivity (Wildman–Crippen MR) is 80.7 cm³/mol. The second kappa shape index (κ2) is 5.40. The first kappa shape index (κ1) is 12.8. The maximum atomic E-state index is 5.85. The summed E-state index contributed by atoms with van der Waals surface area (Å²) < 4.78 is 5.85. The van der Waals surface area contributed by atoms with Crippen LogP contribution in [0.4, 0.5) is 0 Å². The quantitative estimate of drug-likeness (QED) is 0.789. The third-order valence-electron chi connectivity index (χ3n) is 3.75. The van der Waals surface area contributed by atoms with Crippen molar-refractivity contribution < 1.29 is 4.74 Å². The van der Waals surface area contributed by atoms with Crippen molar-refractivity contribution in [1.29, 1.82) is 0 Å². The lowest BCUT2D eigenvalue weighted by molar-refractivity contribution is 0.133. The maximum Gasteiger partial charge on any atom is 0.109 e. The van der Waals surface area contributed by atoms with Gasteiger partial charge in [-0.15, -0.1) is 11.8 Å². The number of hydrogen-bond acceptors (Lipinski definition) is 2. The van der Waals surface area contributed by atoms with Crippen LogP contribution in [0.2, 0.25) is 0 Å². The Morgan fingerprint density at radius 3 is 2.79 bits per heavy atom. The highest BCUT2D eigenvalue weighted by Crippen LogP contribution is 2.42. The van der Waals surface area contributed by atoms with Crippen LogP contribution in [-0.2, 0) is 16.9 Å². The van der Waals surface area contributed by atoms with Gasteiger partial charge in [0.1, 0.15) is 6.10 Å². The van der Waals surface area contributed by atoms with Crippen LogP contribution in [0.5, 0.6) is 0 Å². The molecule has 0 saturated carbocycles. The lowest BCUT2D eigenvalue weighted by atomic mass is 9.91. The van der Waals surface area contributed by atoms with Crippen LogP contribution in [0.25, 0.3) is 0 Å². The van der Waals surface area contributed by atoms with E-state index >= 15 is 0 Å². The molecule has 1 aliphatic rings. The summed E-state index contributed by atoms with van der Waals surface area (Å²) in [7, 11) is 1.81. The first-order valence-corrected chi connectivity index (χ1v) is 7.69. The van der Waals surface area contributed by atoms with Crippen LogP contribution in [0.1, 0.15) is 35.3 Å². The second-order valence-corrected chi connectivity index (χ2v) is 5.80. The molecule has 3 rings (SSSR count). The Morgan fingerprint density at radius 1 is 1.16 bits per heavy atom. The highest BCUT2D eigenvalue weighted by molar-refractivity contribution is 7.98. The van der Waals surface area contributed by atoms with Crippen LogP contribution in [-0.4, -0.2) is 7.11 Å². The number of rotatable bonds is 2. The van der Waals surface area contributed by atoms with Gasteiger partial charge >= 0.3 is 0 Å². The third-order valence-corrected chi connectivity index (χ3v) is 4.89. The first-order chi connectivity index (χ1) is 9.35. The fourth-order valence-corrected chi connectivity index (χ4v) is 3.90. The number of ether oxygens (including phenoxy) is 1. The summed E-state index contributed by atoms with van der Waals surface area (Å²) in [5.74, 6) is 1.03. The van der Waals surface area contributed by atoms with Gasteiger partial charge in [-0.3, -0.25) is 0 Å². The molecule has 0 aromatic heterocycles. The number of hydrogen-bond donors (Lipinski definition) is 0. The Morgan fingerprint density at radius 2 is 2.00 bits per heavy atom. The Labute approximate surface area is 119 Å². The van der Waals surface area contributed by atoms with E-state index in [1.165, 1.54) is 27.1 Å². The summed E-state index contributed by atoms with van der Waals surface area (Å²) in [5.41, 5.74) is 5.49. The van der Waals surface area contributed by atoms with Gasteiger partial charge in [0, 0.05) is 17.8 Å². The molecule has 2 aromatic rings. The van der Waals surface area contributed by atoms with Gasteiger partial charge in [0.15, 0.2) is 0 Å². The summed E-state index contributed by atoms with van der Waals surface area (Å²) in [6.07, 6.45) is 1.12. The van der Waals surface area contributed by atoms with E-state index in [0.29, 0.717) is 0 Å². The molecule has 2 aromatic carbocycles. The molecule has 1 unspecified atom stereocenters. The molecule has 2 heteroatoms. The normalized spacial score (nSPS) is 17.5. The maximum absolute atomic E-state index is 5.85. The molecular formula is C17H18OS. The standard InChI is InChI=1S/C17H18OS/c1-3-12-7-6-8-13-11-19-15-10-5-4-9-14(15)17(18-2)16(12)13/h4-10,17H,3,11H2,1-2H3. The smallest absolute Gasteiger partial charge is 0.109 e. The Kier molecular flexibility index (Phi) is 3.63. The van der Waals surface area contributed by atoms with Gasteiger partial charge in [0.2, 0.25) is 0 Å². The molecule has 98 valence electrons. The van der Waals surface area contributed by atoms with E-state index in [0.717, 1.165) is 12.2 Å². The molecule has 0 radical (unpaired) electrons. The first-order valence-electron chi connectivity index (χ1n) is 6.70. The molecule has 0 spiro atoms. The molecule has 0 bridgehead atoms. The summed E-state index contributed by atoms with van der Waals surface area (Å²) in [6.45, 7) is 2.21. The van der Waals surface area contributed by atoms with E-state index in [1.54, 1.807) is 0 Å². The van der Waals surface area contributed by atoms with Gasteiger partial charge in [0.05, 0.1) is 0 Å². The molecule has 0 fully saturated rings. The van der Waals surface area contributed by atoms with Gasteiger partial charge < -0.3 is 4.74 Å². The van der Waals surface area contributed by atoms with Crippen molar-refractivity contribution in [3.8, 4) is 0 Å². The van der Waals surface area contributed by atoms with E-state index < -0.39 is 0 Å². The molecule has 19 heavy (non-hydrogen) atoms. The van der Waals surface area contributed by atoms with E-state index in [1.807, 2.05) is 18.9 Å². The summed E-state index contributed by atoms with van der Waals surface area (Å²) in [6, 6.07) is 15.2. The summed E-state index contributed by atoms with van der Waals surface area (Å²) >= 11 is 1.91. The molecule has 0 saturated heterocycles. The van der Waals surface area contributed by atoms with E-state index in [4.69, 9.17) is 4.74 Å². The predicted octanol–water partition coefficient (Wildman–Crippen LogP) is 4.59. The van der Waals surface area contributed by atoms with Gasteiger partial charge in [-0.25, -0.2) is 0 Å². The average Bonchev–Trinajstić information content (AvgIpc) is 2.63. The second-order valence-electron chi connectivity index (χ2n) is 4.79. The fourth-order valence-electron chi connectivity index (χ4n) is 2.82. The molecule has 0 amide bonds.